The van der Waals surface area contributed by atoms with Crippen LogP contribution >= 0.6 is 11.6 Å². The normalized spacial score (nSPS) is 59.7. The van der Waals surface area contributed by atoms with E-state index in [2.05, 4.69) is 6.92 Å². The Morgan fingerprint density at radius 3 is 2.80 bits per heavy atom. The molecule has 2 rings (SSSR count). The number of fused-ring (bicyclic) bond motifs is 1. The second kappa shape index (κ2) is 1.89. The topological polar surface area (TPSA) is 20.2 Å². The first kappa shape index (κ1) is 6.93. The van der Waals surface area contributed by atoms with Crippen molar-refractivity contribution in [2.75, 3.05) is 0 Å². The maximum absolute atomic E-state index is 9.47. The fraction of sp³-hybridized carbons (Fsp3) is 1.00. The second-order valence-corrected chi connectivity index (χ2v) is 4.36. The maximum Gasteiger partial charge on any atom is 0.0588 e. The van der Waals surface area contributed by atoms with Gasteiger partial charge in [-0.1, -0.05) is 13.3 Å². The molecule has 0 radical (unpaired) electrons. The average Bonchev–Trinajstić information content (AvgIpc) is 2.38. The highest BCUT2D eigenvalue weighted by Crippen LogP contribution is 2.63. The molecule has 0 aliphatic heterocycles. The number of aliphatic hydroxyl groups excluding tert-OH is 1. The third-order valence-corrected chi connectivity index (χ3v) is 4.00. The van der Waals surface area contributed by atoms with E-state index in [0.29, 0.717) is 11.3 Å². The maximum atomic E-state index is 9.47. The highest BCUT2D eigenvalue weighted by molar-refractivity contribution is 6.23. The standard InChI is InChI=1S/C8H13ClO/c1-8-4-2-3-5(10)6(8)7(8)9/h5-7,10H,2-4H2,1H3/t5-,6-,7-,8-/m0/s1. The molecule has 2 aliphatic carbocycles. The van der Waals surface area contributed by atoms with E-state index in [4.69, 9.17) is 11.6 Å². The van der Waals surface area contributed by atoms with Crippen LogP contribution < -0.4 is 0 Å². The molecule has 0 aromatic carbocycles. The van der Waals surface area contributed by atoms with Crippen molar-refractivity contribution in [3.63, 3.8) is 0 Å². The molecule has 58 valence electrons. The second-order valence-electron chi connectivity index (χ2n) is 3.89. The van der Waals surface area contributed by atoms with Gasteiger partial charge in [-0.05, 0) is 18.3 Å². The van der Waals surface area contributed by atoms with E-state index in [1.54, 1.807) is 0 Å². The first-order chi connectivity index (χ1) is 4.66. The van der Waals surface area contributed by atoms with Crippen molar-refractivity contribution in [2.45, 2.75) is 37.7 Å². The summed E-state index contributed by atoms with van der Waals surface area (Å²) in [7, 11) is 0. The van der Waals surface area contributed by atoms with Crippen molar-refractivity contribution in [1.29, 1.82) is 0 Å². The third-order valence-electron chi connectivity index (χ3n) is 3.23. The zero-order chi connectivity index (χ0) is 7.35. The van der Waals surface area contributed by atoms with Crippen molar-refractivity contribution in [3.05, 3.63) is 0 Å². The molecule has 0 saturated heterocycles. The summed E-state index contributed by atoms with van der Waals surface area (Å²) in [5, 5.41) is 9.73. The van der Waals surface area contributed by atoms with Crippen LogP contribution in [0.3, 0.4) is 0 Å². The molecule has 2 heteroatoms. The van der Waals surface area contributed by atoms with Gasteiger partial charge in [0.1, 0.15) is 0 Å². The number of aliphatic hydroxyl groups is 1. The van der Waals surface area contributed by atoms with Crippen molar-refractivity contribution in [1.82, 2.24) is 0 Å². The summed E-state index contributed by atoms with van der Waals surface area (Å²) in [6.45, 7) is 2.19. The Morgan fingerprint density at radius 1 is 1.60 bits per heavy atom. The smallest absolute Gasteiger partial charge is 0.0588 e. The lowest BCUT2D eigenvalue weighted by Gasteiger charge is -2.20. The van der Waals surface area contributed by atoms with Crippen LogP contribution in [-0.2, 0) is 0 Å². The summed E-state index contributed by atoms with van der Waals surface area (Å²) in [4.78, 5) is 0. The molecule has 2 aliphatic rings. The van der Waals surface area contributed by atoms with E-state index in [9.17, 15) is 5.11 Å². The molecule has 4 atom stereocenters. The van der Waals surface area contributed by atoms with Gasteiger partial charge in [0, 0.05) is 11.3 Å². The fourth-order valence-corrected chi connectivity index (χ4v) is 2.99. The lowest BCUT2D eigenvalue weighted by atomic mass is 9.88. The van der Waals surface area contributed by atoms with Gasteiger partial charge >= 0.3 is 0 Å². The molecule has 0 bridgehead atoms. The van der Waals surface area contributed by atoms with Crippen LogP contribution in [0.2, 0.25) is 0 Å². The summed E-state index contributed by atoms with van der Waals surface area (Å²) in [5.41, 5.74) is 0.291. The van der Waals surface area contributed by atoms with Gasteiger partial charge in [-0.2, -0.15) is 0 Å². The number of halogens is 1. The molecule has 0 heterocycles. The Morgan fingerprint density at radius 2 is 2.30 bits per heavy atom. The average molecular weight is 161 g/mol. The van der Waals surface area contributed by atoms with Crippen molar-refractivity contribution >= 4 is 11.6 Å². The lowest BCUT2D eigenvalue weighted by molar-refractivity contribution is 0.0977. The predicted octanol–water partition coefficient (Wildman–Crippen LogP) is 1.77. The van der Waals surface area contributed by atoms with Gasteiger partial charge in [-0.15, -0.1) is 11.6 Å². The fourth-order valence-electron chi connectivity index (χ4n) is 2.35. The summed E-state index contributed by atoms with van der Waals surface area (Å²) in [6, 6.07) is 0. The largest absolute Gasteiger partial charge is 0.393 e. The summed E-state index contributed by atoms with van der Waals surface area (Å²) >= 11 is 6.03. The number of alkyl halides is 1. The third kappa shape index (κ3) is 0.680. The Balaban J connectivity index is 2.13. The monoisotopic (exact) mass is 160 g/mol. The van der Waals surface area contributed by atoms with Crippen molar-refractivity contribution in [2.24, 2.45) is 11.3 Å². The zero-order valence-electron chi connectivity index (χ0n) is 6.18. The number of rotatable bonds is 0. The van der Waals surface area contributed by atoms with Crippen molar-refractivity contribution < 1.29 is 5.11 Å². The molecular formula is C8H13ClO. The zero-order valence-corrected chi connectivity index (χ0v) is 6.93. The van der Waals surface area contributed by atoms with Crippen LogP contribution in [0.4, 0.5) is 0 Å². The Bertz CT molecular complexity index is 155. The first-order valence-electron chi connectivity index (χ1n) is 3.98. The minimum Gasteiger partial charge on any atom is -0.393 e. The lowest BCUT2D eigenvalue weighted by Crippen LogP contribution is -2.19. The van der Waals surface area contributed by atoms with Crippen LogP contribution in [0.15, 0.2) is 0 Å². The van der Waals surface area contributed by atoms with E-state index in [-0.39, 0.29) is 11.5 Å². The van der Waals surface area contributed by atoms with Gasteiger partial charge in [0.25, 0.3) is 0 Å². The molecule has 0 aromatic rings. The van der Waals surface area contributed by atoms with E-state index in [1.165, 1.54) is 6.42 Å². The van der Waals surface area contributed by atoms with Crippen LogP contribution in [-0.4, -0.2) is 16.6 Å². The van der Waals surface area contributed by atoms with Gasteiger partial charge in [-0.25, -0.2) is 0 Å². The van der Waals surface area contributed by atoms with Crippen LogP contribution in [0.1, 0.15) is 26.2 Å². The van der Waals surface area contributed by atoms with Gasteiger partial charge < -0.3 is 5.11 Å². The summed E-state index contributed by atoms with van der Waals surface area (Å²) in [5.74, 6) is 0.405. The van der Waals surface area contributed by atoms with Crippen LogP contribution in [0, 0.1) is 11.3 Å². The molecule has 2 fully saturated rings. The molecule has 1 N–H and O–H groups in total. The van der Waals surface area contributed by atoms with Gasteiger partial charge in [0.15, 0.2) is 0 Å². The molecule has 0 unspecified atom stereocenters. The summed E-state index contributed by atoms with van der Waals surface area (Å²) < 4.78 is 0. The minimum atomic E-state index is -0.110. The molecule has 0 spiro atoms. The van der Waals surface area contributed by atoms with Crippen molar-refractivity contribution in [3.8, 4) is 0 Å². The highest BCUT2D eigenvalue weighted by Gasteiger charge is 2.64. The Kier molecular flexibility index (Phi) is 1.31. The first-order valence-corrected chi connectivity index (χ1v) is 4.42. The molecule has 10 heavy (non-hydrogen) atoms. The SMILES string of the molecule is C[C@]12CCC[C@H](O)[C@H]1[C@@H]2Cl. The van der Waals surface area contributed by atoms with Gasteiger partial charge in [-0.3, -0.25) is 0 Å². The molecule has 0 aromatic heterocycles. The highest BCUT2D eigenvalue weighted by atomic mass is 35.5. The Labute approximate surface area is 66.4 Å². The predicted molar refractivity (Wildman–Crippen MR) is 41.1 cm³/mol. The van der Waals surface area contributed by atoms with E-state index >= 15 is 0 Å². The quantitative estimate of drug-likeness (QED) is 0.536. The van der Waals surface area contributed by atoms with Crippen LogP contribution in [0.5, 0.6) is 0 Å². The van der Waals surface area contributed by atoms with Crippen LogP contribution in [0.25, 0.3) is 0 Å². The molecular weight excluding hydrogens is 148 g/mol. The molecule has 0 amide bonds. The minimum absolute atomic E-state index is 0.110. The molecule has 2 saturated carbocycles. The van der Waals surface area contributed by atoms with Gasteiger partial charge in [0.2, 0.25) is 0 Å². The Hall–Kier alpha value is 0.250. The van der Waals surface area contributed by atoms with Gasteiger partial charge in [0.05, 0.1) is 6.10 Å². The summed E-state index contributed by atoms with van der Waals surface area (Å²) in [6.07, 6.45) is 3.21. The van der Waals surface area contributed by atoms with E-state index in [1.807, 2.05) is 0 Å². The molecule has 1 nitrogen and oxygen atoms in total. The van der Waals surface area contributed by atoms with E-state index < -0.39 is 0 Å². The number of hydrogen-bond acceptors (Lipinski definition) is 1. The number of hydrogen-bond donors (Lipinski definition) is 1. The van der Waals surface area contributed by atoms with E-state index in [0.717, 1.165) is 12.8 Å².